The summed E-state index contributed by atoms with van der Waals surface area (Å²) < 4.78 is 0. The summed E-state index contributed by atoms with van der Waals surface area (Å²) in [7, 11) is 0. The Morgan fingerprint density at radius 1 is 1.06 bits per heavy atom. The van der Waals surface area contributed by atoms with E-state index in [1.807, 2.05) is 55.1 Å². The van der Waals surface area contributed by atoms with Gasteiger partial charge in [0.15, 0.2) is 17.3 Å². The van der Waals surface area contributed by atoms with Crippen LogP contribution in [0.1, 0.15) is 24.3 Å². The standard InChI is InChI=1S/C23H23ClN6O/c1-3-30(4-2)13-18(31)22-23(25)28-20(14-8-6-5-7-9-14)21(27-22)15-10-16-12-26-29-19(16)17(24)11-15/h5-12H,3-4,13H2,1-2H3,(H2,25,28)(H,26,29). The zero-order valence-electron chi connectivity index (χ0n) is 17.4. The van der Waals surface area contributed by atoms with Crippen molar-refractivity contribution >= 4 is 34.1 Å². The molecule has 3 N–H and O–H groups in total. The van der Waals surface area contributed by atoms with Crippen molar-refractivity contribution in [2.75, 3.05) is 25.4 Å². The van der Waals surface area contributed by atoms with Crippen LogP contribution in [-0.4, -0.2) is 50.5 Å². The van der Waals surface area contributed by atoms with Crippen molar-refractivity contribution < 1.29 is 4.79 Å². The maximum atomic E-state index is 13.0. The van der Waals surface area contributed by atoms with Gasteiger partial charge in [0.25, 0.3) is 0 Å². The first kappa shape index (κ1) is 21.0. The van der Waals surface area contributed by atoms with Crippen molar-refractivity contribution in [1.29, 1.82) is 0 Å². The fourth-order valence-electron chi connectivity index (χ4n) is 3.53. The number of nitrogens with one attached hydrogen (secondary N) is 1. The molecule has 7 nitrogen and oxygen atoms in total. The maximum Gasteiger partial charge on any atom is 0.198 e. The third-order valence-electron chi connectivity index (χ3n) is 5.27. The van der Waals surface area contributed by atoms with Crippen LogP contribution in [0.2, 0.25) is 5.02 Å². The van der Waals surface area contributed by atoms with Gasteiger partial charge in [0.05, 0.1) is 34.7 Å². The van der Waals surface area contributed by atoms with Crippen molar-refractivity contribution in [3.63, 3.8) is 0 Å². The molecule has 0 bridgehead atoms. The number of H-pyrrole nitrogens is 1. The quantitative estimate of drug-likeness (QED) is 0.417. The molecule has 0 aliphatic rings. The average molecular weight is 435 g/mol. The van der Waals surface area contributed by atoms with Crippen molar-refractivity contribution in [2.45, 2.75) is 13.8 Å². The molecule has 2 aromatic carbocycles. The Morgan fingerprint density at radius 2 is 1.77 bits per heavy atom. The zero-order chi connectivity index (χ0) is 22.0. The number of hydrogen-bond donors (Lipinski definition) is 2. The second-order valence-electron chi connectivity index (χ2n) is 7.20. The summed E-state index contributed by atoms with van der Waals surface area (Å²) in [4.78, 5) is 24.3. The molecular weight excluding hydrogens is 412 g/mol. The molecule has 0 aliphatic heterocycles. The molecule has 0 fully saturated rings. The van der Waals surface area contributed by atoms with Crippen molar-refractivity contribution in [1.82, 2.24) is 25.1 Å². The van der Waals surface area contributed by atoms with E-state index in [0.29, 0.717) is 16.4 Å². The fourth-order valence-corrected chi connectivity index (χ4v) is 3.80. The largest absolute Gasteiger partial charge is 0.382 e. The molecule has 4 aromatic rings. The van der Waals surface area contributed by atoms with E-state index < -0.39 is 0 Å². The van der Waals surface area contributed by atoms with Gasteiger partial charge in [0.2, 0.25) is 0 Å². The summed E-state index contributed by atoms with van der Waals surface area (Å²) in [5.41, 5.74) is 9.86. The normalized spacial score (nSPS) is 11.4. The van der Waals surface area contributed by atoms with Gasteiger partial charge in [-0.2, -0.15) is 5.10 Å². The van der Waals surface area contributed by atoms with E-state index in [0.717, 1.165) is 35.1 Å². The minimum absolute atomic E-state index is 0.121. The van der Waals surface area contributed by atoms with Crippen LogP contribution >= 0.6 is 11.6 Å². The Balaban J connectivity index is 1.90. The predicted molar refractivity (Wildman–Crippen MR) is 124 cm³/mol. The predicted octanol–water partition coefficient (Wildman–Crippen LogP) is 4.45. The number of nitrogen functional groups attached to an aromatic ring is 1. The van der Waals surface area contributed by atoms with E-state index in [9.17, 15) is 4.79 Å². The lowest BCUT2D eigenvalue weighted by molar-refractivity contribution is 0.0933. The molecule has 0 radical (unpaired) electrons. The third-order valence-corrected chi connectivity index (χ3v) is 5.57. The SMILES string of the molecule is CCN(CC)CC(=O)c1nc(-c2cc(Cl)c3[nH]ncc3c2)c(-c2ccccc2)nc1N. The van der Waals surface area contributed by atoms with Gasteiger partial charge in [-0.25, -0.2) is 9.97 Å². The number of anilines is 1. The van der Waals surface area contributed by atoms with E-state index >= 15 is 0 Å². The molecule has 0 saturated carbocycles. The molecule has 2 aromatic heterocycles. The molecular formula is C23H23ClN6O. The van der Waals surface area contributed by atoms with E-state index in [1.165, 1.54) is 0 Å². The number of Topliss-reactive ketones (excluding diaryl/α,β-unsaturated/α-hetero) is 1. The molecule has 8 heteroatoms. The fraction of sp³-hybridized carbons (Fsp3) is 0.217. The van der Waals surface area contributed by atoms with Crippen LogP contribution in [0.4, 0.5) is 5.82 Å². The van der Waals surface area contributed by atoms with E-state index in [2.05, 4.69) is 15.2 Å². The Bertz CT molecular complexity index is 1230. The van der Waals surface area contributed by atoms with Gasteiger partial charge in [-0.15, -0.1) is 0 Å². The lowest BCUT2D eigenvalue weighted by atomic mass is 10.0. The highest BCUT2D eigenvalue weighted by Gasteiger charge is 2.21. The number of hydrogen-bond acceptors (Lipinski definition) is 6. The molecule has 4 rings (SSSR count). The molecule has 31 heavy (non-hydrogen) atoms. The van der Waals surface area contributed by atoms with Gasteiger partial charge < -0.3 is 5.73 Å². The highest BCUT2D eigenvalue weighted by molar-refractivity contribution is 6.35. The van der Waals surface area contributed by atoms with Gasteiger partial charge in [0.1, 0.15) is 0 Å². The number of carbonyl (C=O) groups is 1. The first-order valence-corrected chi connectivity index (χ1v) is 10.5. The van der Waals surface area contributed by atoms with Gasteiger partial charge in [0, 0.05) is 16.5 Å². The Labute approximate surface area is 185 Å². The van der Waals surface area contributed by atoms with Gasteiger partial charge in [-0.3, -0.25) is 14.8 Å². The van der Waals surface area contributed by atoms with Crippen molar-refractivity contribution in [3.8, 4) is 22.5 Å². The molecule has 158 valence electrons. The Kier molecular flexibility index (Phi) is 5.97. The third kappa shape index (κ3) is 4.15. The summed E-state index contributed by atoms with van der Waals surface area (Å²) in [5.74, 6) is -0.0414. The number of likely N-dealkylation sites (N-methyl/N-ethyl adjacent to an activating group) is 1. The van der Waals surface area contributed by atoms with Crippen LogP contribution in [0.3, 0.4) is 0 Å². The molecule has 0 unspecified atom stereocenters. The molecule has 2 heterocycles. The van der Waals surface area contributed by atoms with Crippen molar-refractivity contribution in [3.05, 3.63) is 59.4 Å². The molecule has 0 spiro atoms. The minimum Gasteiger partial charge on any atom is -0.382 e. The number of aromatic nitrogens is 4. The lowest BCUT2D eigenvalue weighted by Gasteiger charge is -2.18. The first-order valence-electron chi connectivity index (χ1n) is 10.1. The van der Waals surface area contributed by atoms with Crippen LogP contribution < -0.4 is 5.73 Å². The van der Waals surface area contributed by atoms with Crippen LogP contribution in [0.25, 0.3) is 33.4 Å². The molecule has 0 amide bonds. The topological polar surface area (TPSA) is 101 Å². The number of fused-ring (bicyclic) bond motifs is 1. The number of nitrogens with zero attached hydrogens (tertiary/aromatic N) is 4. The van der Waals surface area contributed by atoms with Crippen LogP contribution in [0, 0.1) is 0 Å². The monoisotopic (exact) mass is 434 g/mol. The van der Waals surface area contributed by atoms with Crippen molar-refractivity contribution in [2.24, 2.45) is 0 Å². The van der Waals surface area contributed by atoms with Crippen LogP contribution in [0.15, 0.2) is 48.7 Å². The average Bonchev–Trinajstić information content (AvgIpc) is 3.27. The van der Waals surface area contributed by atoms with Crippen LogP contribution in [-0.2, 0) is 0 Å². The van der Waals surface area contributed by atoms with Gasteiger partial charge >= 0.3 is 0 Å². The number of rotatable bonds is 7. The molecule has 0 aliphatic carbocycles. The zero-order valence-corrected chi connectivity index (χ0v) is 18.1. The van der Waals surface area contributed by atoms with E-state index in [4.69, 9.17) is 22.3 Å². The second-order valence-corrected chi connectivity index (χ2v) is 7.60. The Hall–Kier alpha value is -3.29. The second kappa shape index (κ2) is 8.83. The van der Waals surface area contributed by atoms with E-state index in [-0.39, 0.29) is 23.8 Å². The number of halogens is 1. The number of aromatic amines is 1. The number of benzene rings is 2. The van der Waals surface area contributed by atoms with Gasteiger partial charge in [-0.05, 0) is 25.2 Å². The minimum atomic E-state index is -0.162. The van der Waals surface area contributed by atoms with E-state index in [1.54, 1.807) is 12.3 Å². The maximum absolute atomic E-state index is 13.0. The summed E-state index contributed by atoms with van der Waals surface area (Å²) >= 11 is 6.47. The number of carbonyl (C=O) groups excluding carboxylic acids is 1. The highest BCUT2D eigenvalue weighted by Crippen LogP contribution is 2.34. The van der Waals surface area contributed by atoms with Crippen LogP contribution in [0.5, 0.6) is 0 Å². The summed E-state index contributed by atoms with van der Waals surface area (Å²) in [5, 5.41) is 8.31. The number of ketones is 1. The lowest BCUT2D eigenvalue weighted by Crippen LogP contribution is -2.30. The number of nitrogens with two attached hydrogens (primary N) is 1. The highest BCUT2D eigenvalue weighted by atomic mass is 35.5. The molecule has 0 saturated heterocycles. The molecule has 0 atom stereocenters. The van der Waals surface area contributed by atoms with Gasteiger partial charge in [-0.1, -0.05) is 55.8 Å². The summed E-state index contributed by atoms with van der Waals surface area (Å²) in [6.07, 6.45) is 1.70. The summed E-state index contributed by atoms with van der Waals surface area (Å²) in [6, 6.07) is 13.4. The first-order chi connectivity index (χ1) is 15.0. The smallest absolute Gasteiger partial charge is 0.198 e. The Morgan fingerprint density at radius 3 is 2.48 bits per heavy atom. The summed E-state index contributed by atoms with van der Waals surface area (Å²) in [6.45, 7) is 5.78.